The van der Waals surface area contributed by atoms with Gasteiger partial charge in [0.2, 0.25) is 0 Å². The highest BCUT2D eigenvalue weighted by Crippen LogP contribution is 2.15. The van der Waals surface area contributed by atoms with Gasteiger partial charge in [-0.25, -0.2) is 0 Å². The lowest BCUT2D eigenvalue weighted by atomic mass is 10.1. The third kappa shape index (κ3) is 3.80. The number of amides is 1. The molecule has 0 heterocycles. The third-order valence-corrected chi connectivity index (χ3v) is 2.79. The van der Waals surface area contributed by atoms with Gasteiger partial charge < -0.3 is 4.90 Å². The summed E-state index contributed by atoms with van der Waals surface area (Å²) in [6.45, 7) is 3.23. The van der Waals surface area contributed by atoms with E-state index in [1.807, 2.05) is 6.92 Å². The lowest BCUT2D eigenvalue weighted by molar-refractivity contribution is -0.384. The molecule has 6 heteroatoms. The van der Waals surface area contributed by atoms with Crippen molar-refractivity contribution < 1.29 is 9.72 Å². The monoisotopic (exact) mass is 314 g/mol. The number of carbonyl (C=O) groups is 1. The second-order valence-corrected chi connectivity index (χ2v) is 4.58. The minimum absolute atomic E-state index is 0.0591. The topological polar surface area (TPSA) is 63.5 Å². The van der Waals surface area contributed by atoms with Crippen molar-refractivity contribution in [3.63, 3.8) is 0 Å². The molecule has 0 fully saturated rings. The van der Waals surface area contributed by atoms with Crippen LogP contribution in [0.25, 0.3) is 0 Å². The van der Waals surface area contributed by atoms with Crippen LogP contribution in [0.15, 0.2) is 24.3 Å². The summed E-state index contributed by atoms with van der Waals surface area (Å²) in [4.78, 5) is 24.0. The van der Waals surface area contributed by atoms with Crippen LogP contribution in [0.4, 0.5) is 5.69 Å². The predicted molar refractivity (Wildman–Crippen MR) is 73.1 cm³/mol. The molecule has 0 radical (unpaired) electrons. The molecule has 0 N–H and O–H groups in total. The molecule has 1 rings (SSSR count). The van der Waals surface area contributed by atoms with Crippen LogP contribution in [0.2, 0.25) is 0 Å². The molecule has 1 aromatic rings. The summed E-state index contributed by atoms with van der Waals surface area (Å²) >= 11 is 3.30. The van der Waals surface area contributed by atoms with E-state index in [0.29, 0.717) is 24.0 Å². The quantitative estimate of drug-likeness (QED) is 0.461. The molecule has 0 aliphatic carbocycles. The molecule has 18 heavy (non-hydrogen) atoms. The zero-order chi connectivity index (χ0) is 13.5. The van der Waals surface area contributed by atoms with E-state index in [1.165, 1.54) is 18.2 Å². The van der Waals surface area contributed by atoms with Gasteiger partial charge in [0.05, 0.1) is 4.92 Å². The van der Waals surface area contributed by atoms with Gasteiger partial charge in [-0.2, -0.15) is 0 Å². The first-order chi connectivity index (χ1) is 8.60. The fraction of sp³-hybridized carbons (Fsp3) is 0.417. The Kier molecular flexibility index (Phi) is 5.77. The molecular weight excluding hydrogens is 300 g/mol. The molecule has 0 spiro atoms. The number of nitro groups is 1. The van der Waals surface area contributed by atoms with E-state index in [4.69, 9.17) is 0 Å². The maximum absolute atomic E-state index is 12.2. The zero-order valence-corrected chi connectivity index (χ0v) is 11.7. The zero-order valence-electron chi connectivity index (χ0n) is 10.1. The van der Waals surface area contributed by atoms with Gasteiger partial charge in [0.25, 0.3) is 11.6 Å². The Balaban J connectivity index is 2.93. The number of nitrogens with zero attached hydrogens (tertiary/aromatic N) is 2. The predicted octanol–water partition coefficient (Wildman–Crippen LogP) is 2.84. The highest BCUT2D eigenvalue weighted by Gasteiger charge is 2.16. The number of alkyl halides is 1. The highest BCUT2D eigenvalue weighted by molar-refractivity contribution is 9.09. The van der Waals surface area contributed by atoms with Crippen molar-refractivity contribution in [1.29, 1.82) is 0 Å². The van der Waals surface area contributed by atoms with E-state index >= 15 is 0 Å². The Bertz CT molecular complexity index is 431. The molecule has 0 aromatic heterocycles. The molecular formula is C12H15BrN2O3. The van der Waals surface area contributed by atoms with Crippen molar-refractivity contribution >= 4 is 27.5 Å². The molecule has 98 valence electrons. The minimum Gasteiger partial charge on any atom is -0.338 e. The second-order valence-electron chi connectivity index (χ2n) is 3.79. The van der Waals surface area contributed by atoms with Crippen molar-refractivity contribution in [1.82, 2.24) is 4.90 Å². The number of benzene rings is 1. The van der Waals surface area contributed by atoms with Gasteiger partial charge in [0, 0.05) is 36.1 Å². The fourth-order valence-electron chi connectivity index (χ4n) is 1.62. The molecule has 0 aliphatic rings. The lowest BCUT2D eigenvalue weighted by Crippen LogP contribution is -2.33. The van der Waals surface area contributed by atoms with Gasteiger partial charge in [-0.3, -0.25) is 14.9 Å². The molecule has 1 aromatic carbocycles. The number of hydrogen-bond donors (Lipinski definition) is 0. The van der Waals surface area contributed by atoms with E-state index in [2.05, 4.69) is 15.9 Å². The Morgan fingerprint density at radius 2 is 2.17 bits per heavy atom. The van der Waals surface area contributed by atoms with Crippen molar-refractivity contribution in [2.45, 2.75) is 13.3 Å². The molecule has 0 atom stereocenters. The molecule has 0 bridgehead atoms. The van der Waals surface area contributed by atoms with E-state index < -0.39 is 4.92 Å². The maximum atomic E-state index is 12.2. The minimum atomic E-state index is -0.495. The first-order valence-electron chi connectivity index (χ1n) is 5.69. The fourth-order valence-corrected chi connectivity index (χ4v) is 2.05. The van der Waals surface area contributed by atoms with E-state index in [1.54, 1.807) is 11.0 Å². The molecule has 0 unspecified atom stereocenters. The number of halogens is 1. The van der Waals surface area contributed by atoms with Gasteiger partial charge >= 0.3 is 0 Å². The Morgan fingerprint density at radius 1 is 1.44 bits per heavy atom. The Hall–Kier alpha value is -1.43. The first-order valence-corrected chi connectivity index (χ1v) is 6.82. The van der Waals surface area contributed by atoms with Crippen molar-refractivity contribution in [2.75, 3.05) is 18.4 Å². The average Bonchev–Trinajstić information content (AvgIpc) is 2.38. The number of non-ortho nitro benzene ring substituents is 1. The van der Waals surface area contributed by atoms with Crippen molar-refractivity contribution in [2.24, 2.45) is 0 Å². The maximum Gasteiger partial charge on any atom is 0.270 e. The molecule has 5 nitrogen and oxygen atoms in total. The van der Waals surface area contributed by atoms with Crippen LogP contribution < -0.4 is 0 Å². The Morgan fingerprint density at radius 3 is 2.72 bits per heavy atom. The van der Waals surface area contributed by atoms with Crippen LogP contribution in [0, 0.1) is 10.1 Å². The summed E-state index contributed by atoms with van der Waals surface area (Å²) in [5, 5.41) is 11.4. The van der Waals surface area contributed by atoms with E-state index in [0.717, 1.165) is 6.42 Å². The number of carbonyl (C=O) groups excluding carboxylic acids is 1. The van der Waals surface area contributed by atoms with Crippen molar-refractivity contribution in [3.8, 4) is 0 Å². The molecule has 1 amide bonds. The summed E-state index contributed by atoms with van der Waals surface area (Å²) in [6.07, 6.45) is 0.855. The van der Waals surface area contributed by atoms with E-state index in [9.17, 15) is 14.9 Å². The number of hydrogen-bond acceptors (Lipinski definition) is 3. The highest BCUT2D eigenvalue weighted by atomic mass is 79.9. The lowest BCUT2D eigenvalue weighted by Gasteiger charge is -2.20. The van der Waals surface area contributed by atoms with Gasteiger partial charge in [-0.05, 0) is 12.5 Å². The van der Waals surface area contributed by atoms with Crippen LogP contribution in [0.3, 0.4) is 0 Å². The van der Waals surface area contributed by atoms with Crippen LogP contribution in [-0.4, -0.2) is 34.2 Å². The van der Waals surface area contributed by atoms with Crippen LogP contribution in [0.1, 0.15) is 23.7 Å². The second kappa shape index (κ2) is 7.10. The van der Waals surface area contributed by atoms with E-state index in [-0.39, 0.29) is 11.6 Å². The standard InChI is InChI=1S/C12H15BrN2O3/c1-2-7-14(8-6-13)12(16)10-4-3-5-11(9-10)15(17)18/h3-5,9H,2,6-8H2,1H3. The van der Waals surface area contributed by atoms with Gasteiger partial charge in [-0.1, -0.05) is 28.9 Å². The van der Waals surface area contributed by atoms with Crippen LogP contribution in [-0.2, 0) is 0 Å². The normalized spacial score (nSPS) is 10.1. The van der Waals surface area contributed by atoms with Crippen LogP contribution in [0.5, 0.6) is 0 Å². The van der Waals surface area contributed by atoms with Gasteiger partial charge in [0.1, 0.15) is 0 Å². The average molecular weight is 315 g/mol. The summed E-state index contributed by atoms with van der Waals surface area (Å²) in [6, 6.07) is 5.83. The molecule has 0 saturated carbocycles. The largest absolute Gasteiger partial charge is 0.338 e. The summed E-state index contributed by atoms with van der Waals surface area (Å²) in [7, 11) is 0. The first kappa shape index (κ1) is 14.6. The number of nitro benzene ring substituents is 1. The SMILES string of the molecule is CCCN(CCBr)C(=O)c1cccc([N+](=O)[O-])c1. The number of rotatable bonds is 6. The summed E-state index contributed by atoms with van der Waals surface area (Å²) < 4.78 is 0. The van der Waals surface area contributed by atoms with Crippen LogP contribution >= 0.6 is 15.9 Å². The molecule has 0 saturated heterocycles. The Labute approximate surface area is 114 Å². The summed E-state index contributed by atoms with van der Waals surface area (Å²) in [5.74, 6) is -0.167. The smallest absolute Gasteiger partial charge is 0.270 e. The third-order valence-electron chi connectivity index (χ3n) is 2.44. The summed E-state index contributed by atoms with van der Waals surface area (Å²) in [5.41, 5.74) is 0.301. The van der Waals surface area contributed by atoms with Gasteiger partial charge in [-0.15, -0.1) is 0 Å². The van der Waals surface area contributed by atoms with Crippen molar-refractivity contribution in [3.05, 3.63) is 39.9 Å². The van der Waals surface area contributed by atoms with Gasteiger partial charge in [0.15, 0.2) is 0 Å². The molecule has 0 aliphatic heterocycles.